The minimum atomic E-state index is -0.177. The van der Waals surface area contributed by atoms with Crippen molar-refractivity contribution in [2.24, 2.45) is 0 Å². The van der Waals surface area contributed by atoms with E-state index in [2.05, 4.69) is 37.9 Å². The molecule has 0 atom stereocenters. The number of aryl methyl sites for hydroxylation is 1. The smallest absolute Gasteiger partial charge is 0.251 e. The Morgan fingerprint density at radius 2 is 1.95 bits per heavy atom. The van der Waals surface area contributed by atoms with Crippen LogP contribution in [0.5, 0.6) is 0 Å². The standard InChI is InChI=1S/C18H25NO2/c1-5-18(4,6-2)19-17(21)16-12-14(3)11-15(13-16)9-7-8-10-20/h11-13,20H,5-6,8,10H2,1-4H3,(H,19,21). The maximum atomic E-state index is 12.4. The van der Waals surface area contributed by atoms with E-state index in [1.807, 2.05) is 19.1 Å². The second-order valence-electron chi connectivity index (χ2n) is 5.58. The molecule has 1 aromatic carbocycles. The van der Waals surface area contributed by atoms with Crippen molar-refractivity contribution in [3.05, 3.63) is 34.9 Å². The van der Waals surface area contributed by atoms with Crippen LogP contribution in [-0.4, -0.2) is 23.2 Å². The fourth-order valence-corrected chi connectivity index (χ4v) is 1.98. The van der Waals surface area contributed by atoms with Crippen molar-refractivity contribution >= 4 is 5.91 Å². The lowest BCUT2D eigenvalue weighted by Gasteiger charge is -2.28. The number of aliphatic hydroxyl groups is 1. The van der Waals surface area contributed by atoms with Crippen LogP contribution in [-0.2, 0) is 0 Å². The number of hydrogen-bond acceptors (Lipinski definition) is 2. The number of nitrogens with one attached hydrogen (secondary N) is 1. The van der Waals surface area contributed by atoms with E-state index in [1.54, 1.807) is 6.07 Å². The van der Waals surface area contributed by atoms with Crippen molar-refractivity contribution in [3.63, 3.8) is 0 Å². The minimum absolute atomic E-state index is 0.0531. The molecular formula is C18H25NO2. The van der Waals surface area contributed by atoms with Crippen LogP contribution in [0, 0.1) is 18.8 Å². The number of amides is 1. The zero-order chi connectivity index (χ0) is 15.9. The van der Waals surface area contributed by atoms with Crippen LogP contribution in [0.2, 0.25) is 0 Å². The van der Waals surface area contributed by atoms with E-state index >= 15 is 0 Å². The van der Waals surface area contributed by atoms with Gasteiger partial charge in [0, 0.05) is 23.1 Å². The Morgan fingerprint density at radius 1 is 1.29 bits per heavy atom. The summed E-state index contributed by atoms with van der Waals surface area (Å²) >= 11 is 0. The molecule has 1 aromatic rings. The number of benzene rings is 1. The third kappa shape index (κ3) is 5.24. The maximum absolute atomic E-state index is 12.4. The molecule has 0 heterocycles. The van der Waals surface area contributed by atoms with Gasteiger partial charge in [0.25, 0.3) is 5.91 Å². The predicted molar refractivity (Wildman–Crippen MR) is 86.2 cm³/mol. The highest BCUT2D eigenvalue weighted by molar-refractivity contribution is 5.95. The van der Waals surface area contributed by atoms with Crippen molar-refractivity contribution < 1.29 is 9.90 Å². The van der Waals surface area contributed by atoms with Gasteiger partial charge in [-0.05, 0) is 50.5 Å². The highest BCUT2D eigenvalue weighted by atomic mass is 16.2. The van der Waals surface area contributed by atoms with Gasteiger partial charge in [0.15, 0.2) is 0 Å². The SMILES string of the molecule is CCC(C)(CC)NC(=O)c1cc(C)cc(C#CCCO)c1. The van der Waals surface area contributed by atoms with Gasteiger partial charge in [-0.25, -0.2) is 0 Å². The molecule has 21 heavy (non-hydrogen) atoms. The lowest BCUT2D eigenvalue weighted by molar-refractivity contribution is 0.0901. The highest BCUT2D eigenvalue weighted by Gasteiger charge is 2.22. The van der Waals surface area contributed by atoms with Gasteiger partial charge >= 0.3 is 0 Å². The summed E-state index contributed by atoms with van der Waals surface area (Å²) in [6.07, 6.45) is 2.23. The lowest BCUT2D eigenvalue weighted by atomic mass is 9.94. The second kappa shape index (κ2) is 7.85. The molecule has 3 heteroatoms. The third-order valence-electron chi connectivity index (χ3n) is 3.79. The zero-order valence-electron chi connectivity index (χ0n) is 13.4. The van der Waals surface area contributed by atoms with Crippen molar-refractivity contribution in [2.45, 2.75) is 52.5 Å². The summed E-state index contributed by atoms with van der Waals surface area (Å²) in [5.74, 6) is 5.81. The molecular weight excluding hydrogens is 262 g/mol. The van der Waals surface area contributed by atoms with Crippen LogP contribution in [0.4, 0.5) is 0 Å². The van der Waals surface area contributed by atoms with E-state index in [1.165, 1.54) is 0 Å². The van der Waals surface area contributed by atoms with Crippen molar-refractivity contribution in [1.29, 1.82) is 0 Å². The van der Waals surface area contributed by atoms with Gasteiger partial charge < -0.3 is 10.4 Å². The largest absolute Gasteiger partial charge is 0.395 e. The summed E-state index contributed by atoms with van der Waals surface area (Å²) in [5, 5.41) is 11.9. The Balaban J connectivity index is 2.98. The molecule has 0 aliphatic heterocycles. The number of carbonyl (C=O) groups excluding carboxylic acids is 1. The average Bonchev–Trinajstić information content (AvgIpc) is 2.46. The lowest BCUT2D eigenvalue weighted by Crippen LogP contribution is -2.45. The second-order valence-corrected chi connectivity index (χ2v) is 5.58. The fraction of sp³-hybridized carbons (Fsp3) is 0.500. The van der Waals surface area contributed by atoms with Crippen LogP contribution in [0.1, 0.15) is 61.5 Å². The van der Waals surface area contributed by atoms with Gasteiger partial charge in [0.2, 0.25) is 0 Å². The average molecular weight is 287 g/mol. The molecule has 0 aromatic heterocycles. The van der Waals surface area contributed by atoms with Crippen molar-refractivity contribution in [1.82, 2.24) is 5.32 Å². The van der Waals surface area contributed by atoms with Gasteiger partial charge in [-0.15, -0.1) is 0 Å². The molecule has 2 N–H and O–H groups in total. The molecule has 114 valence electrons. The Labute approximate surface area is 127 Å². The minimum Gasteiger partial charge on any atom is -0.395 e. The molecule has 0 aliphatic rings. The Bertz CT molecular complexity index is 548. The summed E-state index contributed by atoms with van der Waals surface area (Å²) in [7, 11) is 0. The molecule has 0 spiro atoms. The summed E-state index contributed by atoms with van der Waals surface area (Å²) < 4.78 is 0. The number of aliphatic hydroxyl groups excluding tert-OH is 1. The predicted octanol–water partition coefficient (Wildman–Crippen LogP) is 3.04. The van der Waals surface area contributed by atoms with Crippen LogP contribution in [0.25, 0.3) is 0 Å². The first-order valence-corrected chi connectivity index (χ1v) is 7.48. The van der Waals surface area contributed by atoms with Crippen LogP contribution < -0.4 is 5.32 Å². The molecule has 1 rings (SSSR count). The molecule has 0 radical (unpaired) electrons. The molecule has 0 saturated carbocycles. The molecule has 1 amide bonds. The van der Waals surface area contributed by atoms with Gasteiger partial charge in [-0.1, -0.05) is 25.7 Å². The van der Waals surface area contributed by atoms with Gasteiger partial charge in [-0.3, -0.25) is 4.79 Å². The van der Waals surface area contributed by atoms with Crippen LogP contribution in [0.15, 0.2) is 18.2 Å². The first-order chi connectivity index (χ1) is 9.94. The molecule has 0 bridgehead atoms. The number of rotatable bonds is 5. The summed E-state index contributed by atoms with van der Waals surface area (Å²) in [6, 6.07) is 5.62. The van der Waals surface area contributed by atoms with Gasteiger partial charge in [0.05, 0.1) is 6.61 Å². The highest BCUT2D eigenvalue weighted by Crippen LogP contribution is 2.16. The quantitative estimate of drug-likeness (QED) is 0.818. The van der Waals surface area contributed by atoms with E-state index in [4.69, 9.17) is 5.11 Å². The molecule has 0 unspecified atom stereocenters. The maximum Gasteiger partial charge on any atom is 0.251 e. The van der Waals surface area contributed by atoms with E-state index in [-0.39, 0.29) is 18.1 Å². The number of carbonyl (C=O) groups is 1. The first-order valence-electron chi connectivity index (χ1n) is 7.48. The van der Waals surface area contributed by atoms with Gasteiger partial charge in [-0.2, -0.15) is 0 Å². The third-order valence-corrected chi connectivity index (χ3v) is 3.79. The van der Waals surface area contributed by atoms with Crippen molar-refractivity contribution in [2.75, 3.05) is 6.61 Å². The monoisotopic (exact) mass is 287 g/mol. The summed E-state index contributed by atoms with van der Waals surface area (Å²) in [4.78, 5) is 12.4. The summed E-state index contributed by atoms with van der Waals surface area (Å²) in [6.45, 7) is 8.21. The summed E-state index contributed by atoms with van der Waals surface area (Å²) in [5.41, 5.74) is 2.27. The normalized spacial score (nSPS) is 10.7. The Kier molecular flexibility index (Phi) is 6.45. The first kappa shape index (κ1) is 17.3. The fourth-order valence-electron chi connectivity index (χ4n) is 1.98. The van der Waals surface area contributed by atoms with Crippen LogP contribution in [0.3, 0.4) is 0 Å². The zero-order valence-corrected chi connectivity index (χ0v) is 13.4. The van der Waals surface area contributed by atoms with E-state index in [0.29, 0.717) is 12.0 Å². The van der Waals surface area contributed by atoms with E-state index in [9.17, 15) is 4.79 Å². The molecule has 0 saturated heterocycles. The Morgan fingerprint density at radius 3 is 2.52 bits per heavy atom. The Hall–Kier alpha value is -1.79. The van der Waals surface area contributed by atoms with E-state index in [0.717, 1.165) is 24.0 Å². The molecule has 0 aliphatic carbocycles. The molecule has 3 nitrogen and oxygen atoms in total. The van der Waals surface area contributed by atoms with Crippen molar-refractivity contribution in [3.8, 4) is 11.8 Å². The van der Waals surface area contributed by atoms with Crippen LogP contribution >= 0.6 is 0 Å². The molecule has 0 fully saturated rings. The van der Waals surface area contributed by atoms with Gasteiger partial charge in [0.1, 0.15) is 0 Å². The van der Waals surface area contributed by atoms with E-state index < -0.39 is 0 Å². The number of hydrogen-bond donors (Lipinski definition) is 2. The topological polar surface area (TPSA) is 49.3 Å².